The molecule has 2 fully saturated rings. The van der Waals surface area contributed by atoms with Crippen LogP contribution in [0.3, 0.4) is 0 Å². The summed E-state index contributed by atoms with van der Waals surface area (Å²) in [5.74, 6) is -1.07. The zero-order valence-electron chi connectivity index (χ0n) is 8.74. The zero-order valence-corrected chi connectivity index (χ0v) is 8.74. The van der Waals surface area contributed by atoms with E-state index >= 15 is 0 Å². The van der Waals surface area contributed by atoms with Crippen molar-refractivity contribution in [3.63, 3.8) is 0 Å². The standard InChI is InChI=1S/C11H16O4/c1-2-10(12)15-9-5-3-4-6-11(9)13-7-8-14-11/h2,9H,1,3-8H2. The molecule has 1 spiro atoms. The first-order valence-electron chi connectivity index (χ1n) is 5.38. The number of carbonyl (C=O) groups excluding carboxylic acids is 1. The van der Waals surface area contributed by atoms with Gasteiger partial charge in [-0.25, -0.2) is 4.79 Å². The Morgan fingerprint density at radius 2 is 2.13 bits per heavy atom. The Hall–Kier alpha value is -0.870. The average molecular weight is 212 g/mol. The van der Waals surface area contributed by atoms with Crippen LogP contribution in [-0.4, -0.2) is 31.1 Å². The highest BCUT2D eigenvalue weighted by atomic mass is 16.8. The number of ether oxygens (including phenoxy) is 3. The predicted octanol–water partition coefficient (Wildman–Crippen LogP) is 1.40. The van der Waals surface area contributed by atoms with Gasteiger partial charge in [0.2, 0.25) is 5.79 Å². The van der Waals surface area contributed by atoms with Crippen LogP contribution in [0.4, 0.5) is 0 Å². The fourth-order valence-corrected chi connectivity index (χ4v) is 2.22. The number of rotatable bonds is 2. The molecule has 1 atom stereocenters. The Morgan fingerprint density at radius 1 is 1.40 bits per heavy atom. The topological polar surface area (TPSA) is 44.8 Å². The van der Waals surface area contributed by atoms with E-state index in [9.17, 15) is 4.79 Å². The smallest absolute Gasteiger partial charge is 0.330 e. The average Bonchev–Trinajstić information content (AvgIpc) is 2.71. The minimum Gasteiger partial charge on any atom is -0.453 e. The van der Waals surface area contributed by atoms with Crippen LogP contribution in [0.1, 0.15) is 25.7 Å². The van der Waals surface area contributed by atoms with Crippen molar-refractivity contribution in [2.24, 2.45) is 0 Å². The van der Waals surface area contributed by atoms with Crippen LogP contribution in [0.2, 0.25) is 0 Å². The van der Waals surface area contributed by atoms with Gasteiger partial charge in [0, 0.05) is 12.5 Å². The molecular formula is C11H16O4. The Morgan fingerprint density at radius 3 is 2.80 bits per heavy atom. The Kier molecular flexibility index (Phi) is 3.07. The SMILES string of the molecule is C=CC(=O)OC1CCCCC12OCCO2. The maximum atomic E-state index is 11.2. The van der Waals surface area contributed by atoms with Gasteiger partial charge in [-0.15, -0.1) is 0 Å². The second-order valence-electron chi connectivity index (χ2n) is 3.88. The summed E-state index contributed by atoms with van der Waals surface area (Å²) in [5.41, 5.74) is 0. The van der Waals surface area contributed by atoms with Gasteiger partial charge in [-0.2, -0.15) is 0 Å². The van der Waals surface area contributed by atoms with Crippen molar-refractivity contribution in [1.29, 1.82) is 0 Å². The molecule has 0 aromatic heterocycles. The van der Waals surface area contributed by atoms with Crippen LogP contribution >= 0.6 is 0 Å². The fourth-order valence-electron chi connectivity index (χ4n) is 2.22. The quantitative estimate of drug-likeness (QED) is 0.512. The first-order valence-corrected chi connectivity index (χ1v) is 5.38. The van der Waals surface area contributed by atoms with Crippen molar-refractivity contribution in [2.75, 3.05) is 13.2 Å². The van der Waals surface area contributed by atoms with Crippen LogP contribution in [-0.2, 0) is 19.0 Å². The number of hydrogen-bond acceptors (Lipinski definition) is 4. The molecular weight excluding hydrogens is 196 g/mol. The summed E-state index contributed by atoms with van der Waals surface area (Å²) in [6.07, 6.45) is 4.62. The third-order valence-electron chi connectivity index (χ3n) is 2.93. The molecule has 0 amide bonds. The molecule has 4 heteroatoms. The summed E-state index contributed by atoms with van der Waals surface area (Å²) in [4.78, 5) is 11.2. The largest absolute Gasteiger partial charge is 0.453 e. The lowest BCUT2D eigenvalue weighted by Gasteiger charge is -2.38. The molecule has 1 saturated carbocycles. The first kappa shape index (κ1) is 10.6. The van der Waals surface area contributed by atoms with Crippen molar-refractivity contribution >= 4 is 5.97 Å². The Labute approximate surface area is 89.2 Å². The molecule has 1 aliphatic heterocycles. The molecule has 1 aliphatic carbocycles. The third-order valence-corrected chi connectivity index (χ3v) is 2.93. The van der Waals surface area contributed by atoms with E-state index in [1.807, 2.05) is 0 Å². The van der Waals surface area contributed by atoms with Crippen LogP contribution in [0.5, 0.6) is 0 Å². The van der Waals surface area contributed by atoms with Gasteiger partial charge in [0.25, 0.3) is 0 Å². The van der Waals surface area contributed by atoms with Crippen LogP contribution < -0.4 is 0 Å². The minimum absolute atomic E-state index is 0.278. The lowest BCUT2D eigenvalue weighted by molar-refractivity contribution is -0.243. The van der Waals surface area contributed by atoms with Gasteiger partial charge in [-0.05, 0) is 19.3 Å². The van der Waals surface area contributed by atoms with Gasteiger partial charge in [-0.3, -0.25) is 0 Å². The maximum absolute atomic E-state index is 11.2. The van der Waals surface area contributed by atoms with Crippen LogP contribution in [0.25, 0.3) is 0 Å². The van der Waals surface area contributed by atoms with Gasteiger partial charge in [-0.1, -0.05) is 6.58 Å². The van der Waals surface area contributed by atoms with E-state index in [4.69, 9.17) is 14.2 Å². The molecule has 2 aliphatic rings. The van der Waals surface area contributed by atoms with E-state index in [0.29, 0.717) is 13.2 Å². The molecule has 0 aromatic rings. The summed E-state index contributed by atoms with van der Waals surface area (Å²) in [7, 11) is 0. The summed E-state index contributed by atoms with van der Waals surface area (Å²) in [6, 6.07) is 0. The lowest BCUT2D eigenvalue weighted by Crippen LogP contribution is -2.48. The van der Waals surface area contributed by atoms with E-state index in [1.165, 1.54) is 6.08 Å². The summed E-state index contributed by atoms with van der Waals surface area (Å²) < 4.78 is 16.5. The van der Waals surface area contributed by atoms with Gasteiger partial charge in [0.1, 0.15) is 0 Å². The fraction of sp³-hybridized carbons (Fsp3) is 0.727. The van der Waals surface area contributed by atoms with Gasteiger partial charge >= 0.3 is 5.97 Å². The van der Waals surface area contributed by atoms with E-state index in [0.717, 1.165) is 25.7 Å². The molecule has 84 valence electrons. The molecule has 1 unspecified atom stereocenters. The molecule has 0 N–H and O–H groups in total. The van der Waals surface area contributed by atoms with E-state index in [2.05, 4.69) is 6.58 Å². The number of hydrogen-bond donors (Lipinski definition) is 0. The van der Waals surface area contributed by atoms with Gasteiger partial charge in [0.15, 0.2) is 6.10 Å². The van der Waals surface area contributed by atoms with Crippen molar-refractivity contribution in [3.8, 4) is 0 Å². The minimum atomic E-state index is -0.670. The molecule has 2 rings (SSSR count). The number of carbonyl (C=O) groups is 1. The third kappa shape index (κ3) is 2.06. The van der Waals surface area contributed by atoms with E-state index in [1.54, 1.807) is 0 Å². The maximum Gasteiger partial charge on any atom is 0.330 e. The summed E-state index contributed by atoms with van der Waals surface area (Å²) in [5, 5.41) is 0. The normalized spacial score (nSPS) is 28.9. The van der Waals surface area contributed by atoms with Crippen molar-refractivity contribution in [3.05, 3.63) is 12.7 Å². The molecule has 1 heterocycles. The van der Waals surface area contributed by atoms with Crippen molar-refractivity contribution in [2.45, 2.75) is 37.6 Å². The molecule has 15 heavy (non-hydrogen) atoms. The Balaban J connectivity index is 2.05. The highest BCUT2D eigenvalue weighted by Gasteiger charge is 2.48. The van der Waals surface area contributed by atoms with Crippen molar-refractivity contribution in [1.82, 2.24) is 0 Å². The monoisotopic (exact) mass is 212 g/mol. The lowest BCUT2D eigenvalue weighted by atomic mass is 9.91. The molecule has 0 radical (unpaired) electrons. The highest BCUT2D eigenvalue weighted by Crippen LogP contribution is 2.37. The molecule has 1 saturated heterocycles. The molecule has 0 aromatic carbocycles. The second-order valence-corrected chi connectivity index (χ2v) is 3.88. The predicted molar refractivity (Wildman–Crippen MR) is 53.2 cm³/mol. The van der Waals surface area contributed by atoms with Crippen LogP contribution in [0.15, 0.2) is 12.7 Å². The zero-order chi connectivity index (χ0) is 10.7. The molecule has 0 bridgehead atoms. The van der Waals surface area contributed by atoms with Crippen molar-refractivity contribution < 1.29 is 19.0 Å². The van der Waals surface area contributed by atoms with Crippen LogP contribution in [0, 0.1) is 0 Å². The van der Waals surface area contributed by atoms with Gasteiger partial charge in [0.05, 0.1) is 13.2 Å². The van der Waals surface area contributed by atoms with E-state index in [-0.39, 0.29) is 6.10 Å². The van der Waals surface area contributed by atoms with Gasteiger partial charge < -0.3 is 14.2 Å². The Bertz CT molecular complexity index is 255. The first-order chi connectivity index (χ1) is 7.27. The highest BCUT2D eigenvalue weighted by molar-refractivity contribution is 5.81. The summed E-state index contributed by atoms with van der Waals surface area (Å²) in [6.45, 7) is 4.56. The molecule has 4 nitrogen and oxygen atoms in total. The number of esters is 1. The summed E-state index contributed by atoms with van der Waals surface area (Å²) >= 11 is 0. The second kappa shape index (κ2) is 4.33. The van der Waals surface area contributed by atoms with E-state index < -0.39 is 11.8 Å².